The number of carbonyl (C=O) groups is 1. The van der Waals surface area contributed by atoms with E-state index in [2.05, 4.69) is 10.3 Å². The van der Waals surface area contributed by atoms with Gasteiger partial charge in [0, 0.05) is 27.9 Å². The van der Waals surface area contributed by atoms with Gasteiger partial charge >= 0.3 is 0 Å². The van der Waals surface area contributed by atoms with Crippen LogP contribution in [0.4, 0.5) is 14.6 Å². The van der Waals surface area contributed by atoms with E-state index in [1.807, 2.05) is 6.92 Å². The number of pyridine rings is 1. The molecule has 0 aliphatic carbocycles. The highest BCUT2D eigenvalue weighted by molar-refractivity contribution is 6.36. The summed E-state index contributed by atoms with van der Waals surface area (Å²) in [5.41, 5.74) is 9.04. The molecule has 4 aromatic rings. The Kier molecular flexibility index (Phi) is 7.95. The molecule has 2 atom stereocenters. The number of nitrogens with zero attached hydrogens (tertiary/aromatic N) is 1. The minimum atomic E-state index is -0.704. The van der Waals surface area contributed by atoms with E-state index in [4.69, 9.17) is 33.7 Å². The van der Waals surface area contributed by atoms with Gasteiger partial charge in [0.1, 0.15) is 17.7 Å². The van der Waals surface area contributed by atoms with Gasteiger partial charge in [-0.1, -0.05) is 47.5 Å². The molecule has 37 heavy (non-hydrogen) atoms. The minimum Gasteiger partial charge on any atom is -0.482 e. The third-order valence-electron chi connectivity index (χ3n) is 5.87. The summed E-state index contributed by atoms with van der Waals surface area (Å²) in [4.78, 5) is 16.9. The lowest BCUT2D eigenvalue weighted by molar-refractivity contribution is 0.0940. The number of aromatic nitrogens is 1. The fraction of sp³-hybridized carbons (Fsp3) is 0.143. The molecule has 0 radical (unpaired) electrons. The number of carbonyl (C=O) groups excluding carboxylic acids is 1. The van der Waals surface area contributed by atoms with Crippen LogP contribution >= 0.6 is 23.2 Å². The Hall–Kier alpha value is -3.68. The maximum Gasteiger partial charge on any atom is 0.251 e. The van der Waals surface area contributed by atoms with E-state index in [1.54, 1.807) is 55.6 Å². The molecule has 1 heterocycles. The van der Waals surface area contributed by atoms with Crippen LogP contribution in [0.5, 0.6) is 5.75 Å². The molecule has 5 nitrogen and oxygen atoms in total. The number of hydrogen-bond donors (Lipinski definition) is 2. The zero-order valence-electron chi connectivity index (χ0n) is 19.9. The maximum atomic E-state index is 14.0. The number of benzene rings is 3. The summed E-state index contributed by atoms with van der Waals surface area (Å²) in [5, 5.41) is 3.05. The second-order valence-corrected chi connectivity index (χ2v) is 9.23. The van der Waals surface area contributed by atoms with Gasteiger partial charge < -0.3 is 15.8 Å². The first-order valence-electron chi connectivity index (χ1n) is 11.4. The van der Waals surface area contributed by atoms with Crippen molar-refractivity contribution in [2.75, 3.05) is 5.73 Å². The number of nitrogen functional groups attached to an aromatic ring is 1. The van der Waals surface area contributed by atoms with Crippen molar-refractivity contribution in [2.24, 2.45) is 0 Å². The smallest absolute Gasteiger partial charge is 0.251 e. The van der Waals surface area contributed by atoms with Crippen LogP contribution < -0.4 is 15.8 Å². The average molecular weight is 542 g/mol. The Morgan fingerprint density at radius 1 is 0.973 bits per heavy atom. The summed E-state index contributed by atoms with van der Waals surface area (Å²) in [6.45, 7) is 3.51. The topological polar surface area (TPSA) is 77.2 Å². The van der Waals surface area contributed by atoms with Gasteiger partial charge in [-0.15, -0.1) is 0 Å². The summed E-state index contributed by atoms with van der Waals surface area (Å²) in [7, 11) is 0. The highest BCUT2D eigenvalue weighted by atomic mass is 35.5. The molecule has 3 aromatic carbocycles. The average Bonchev–Trinajstić information content (AvgIpc) is 2.88. The van der Waals surface area contributed by atoms with Crippen LogP contribution in [0.25, 0.3) is 11.1 Å². The Balaban J connectivity index is 1.50. The zero-order valence-corrected chi connectivity index (χ0v) is 21.4. The van der Waals surface area contributed by atoms with Crippen LogP contribution in [-0.2, 0) is 0 Å². The fourth-order valence-corrected chi connectivity index (χ4v) is 4.48. The SMILES string of the molecule is CC(Oc1cc(-c2ccc(C(=O)N[C@@H](C)c3ccc(F)cc3)cc2)cnc1N)c1c(Cl)ccc(F)c1Cl. The largest absolute Gasteiger partial charge is 0.482 e. The quantitative estimate of drug-likeness (QED) is 0.237. The second kappa shape index (κ2) is 11.2. The fourth-order valence-electron chi connectivity index (χ4n) is 3.80. The number of anilines is 1. The third-order valence-corrected chi connectivity index (χ3v) is 6.58. The summed E-state index contributed by atoms with van der Waals surface area (Å²) in [6, 6.07) is 16.9. The van der Waals surface area contributed by atoms with Crippen molar-refractivity contribution in [2.45, 2.75) is 26.0 Å². The number of hydrogen-bond acceptors (Lipinski definition) is 4. The standard InChI is InChI=1S/C28H23Cl2F2N3O2/c1-15(17-7-9-21(31)10-8-17)35-28(36)19-5-3-18(4-6-19)20-13-24(27(33)34-14-20)37-16(2)25-22(29)11-12-23(32)26(25)30/h3-16H,1-2H3,(H2,33,34)(H,35,36)/t15-,16?/m0/s1. The second-order valence-electron chi connectivity index (χ2n) is 8.45. The Bertz CT molecular complexity index is 1430. The van der Waals surface area contributed by atoms with Crippen LogP contribution in [0.3, 0.4) is 0 Å². The van der Waals surface area contributed by atoms with Gasteiger partial charge in [0.15, 0.2) is 11.6 Å². The van der Waals surface area contributed by atoms with Crippen molar-refractivity contribution < 1.29 is 18.3 Å². The van der Waals surface area contributed by atoms with Crippen molar-refractivity contribution in [1.82, 2.24) is 10.3 Å². The van der Waals surface area contributed by atoms with Crippen LogP contribution in [-0.4, -0.2) is 10.9 Å². The summed E-state index contributed by atoms with van der Waals surface area (Å²) >= 11 is 12.3. The molecular formula is C28H23Cl2F2N3O2. The first-order valence-corrected chi connectivity index (χ1v) is 12.1. The van der Waals surface area contributed by atoms with Crippen molar-refractivity contribution >= 4 is 34.9 Å². The molecule has 9 heteroatoms. The molecular weight excluding hydrogens is 519 g/mol. The molecule has 190 valence electrons. The first kappa shape index (κ1) is 26.4. The molecule has 0 saturated heterocycles. The monoisotopic (exact) mass is 541 g/mol. The lowest BCUT2D eigenvalue weighted by Crippen LogP contribution is -2.26. The third kappa shape index (κ3) is 6.01. The van der Waals surface area contributed by atoms with Gasteiger partial charge in [0.2, 0.25) is 0 Å². The predicted molar refractivity (Wildman–Crippen MR) is 142 cm³/mol. The van der Waals surface area contributed by atoms with Crippen LogP contribution in [0, 0.1) is 11.6 Å². The van der Waals surface area contributed by atoms with E-state index in [-0.39, 0.29) is 39.4 Å². The van der Waals surface area contributed by atoms with Crippen LogP contribution in [0.2, 0.25) is 10.0 Å². The predicted octanol–water partition coefficient (Wildman–Crippen LogP) is 7.55. The summed E-state index contributed by atoms with van der Waals surface area (Å²) < 4.78 is 33.1. The molecule has 0 fully saturated rings. The van der Waals surface area contributed by atoms with Crippen molar-refractivity contribution in [3.8, 4) is 16.9 Å². The number of nitrogens with two attached hydrogens (primary N) is 1. The van der Waals surface area contributed by atoms with E-state index >= 15 is 0 Å². The lowest BCUT2D eigenvalue weighted by Gasteiger charge is -2.19. The number of nitrogens with one attached hydrogen (secondary N) is 1. The van der Waals surface area contributed by atoms with E-state index in [1.165, 1.54) is 24.3 Å². The number of halogens is 4. The molecule has 0 bridgehead atoms. The van der Waals surface area contributed by atoms with Crippen molar-refractivity contribution in [1.29, 1.82) is 0 Å². The van der Waals surface area contributed by atoms with Gasteiger partial charge in [0.25, 0.3) is 5.91 Å². The first-order chi connectivity index (χ1) is 17.6. The maximum absolute atomic E-state index is 14.0. The van der Waals surface area contributed by atoms with E-state index in [9.17, 15) is 13.6 Å². The van der Waals surface area contributed by atoms with Crippen molar-refractivity contribution in [3.05, 3.63) is 111 Å². The van der Waals surface area contributed by atoms with Gasteiger partial charge in [-0.25, -0.2) is 13.8 Å². The Morgan fingerprint density at radius 2 is 1.65 bits per heavy atom. The lowest BCUT2D eigenvalue weighted by atomic mass is 10.0. The molecule has 0 spiro atoms. The molecule has 1 aromatic heterocycles. The molecule has 1 amide bonds. The van der Waals surface area contributed by atoms with E-state index < -0.39 is 11.9 Å². The van der Waals surface area contributed by atoms with Gasteiger partial charge in [-0.2, -0.15) is 0 Å². The van der Waals surface area contributed by atoms with E-state index in [0.717, 1.165) is 11.1 Å². The number of ether oxygens (including phenoxy) is 1. The molecule has 0 aliphatic heterocycles. The van der Waals surface area contributed by atoms with Crippen LogP contribution in [0.15, 0.2) is 72.9 Å². The van der Waals surface area contributed by atoms with Crippen molar-refractivity contribution in [3.63, 3.8) is 0 Å². The highest BCUT2D eigenvalue weighted by Crippen LogP contribution is 2.37. The molecule has 0 saturated carbocycles. The Labute approximate surface area is 223 Å². The van der Waals surface area contributed by atoms with Crippen LogP contribution in [0.1, 0.15) is 47.5 Å². The molecule has 3 N–H and O–H groups in total. The highest BCUT2D eigenvalue weighted by Gasteiger charge is 2.20. The minimum absolute atomic E-state index is 0.120. The summed E-state index contributed by atoms with van der Waals surface area (Å²) in [6.07, 6.45) is 0.880. The van der Waals surface area contributed by atoms with Gasteiger partial charge in [-0.05, 0) is 67.4 Å². The molecule has 0 aliphatic rings. The molecule has 4 rings (SSSR count). The normalized spacial score (nSPS) is 12.6. The molecule has 1 unspecified atom stereocenters. The van der Waals surface area contributed by atoms with Gasteiger partial charge in [0.05, 0.1) is 11.1 Å². The number of amides is 1. The number of rotatable bonds is 7. The zero-order chi connectivity index (χ0) is 26.7. The van der Waals surface area contributed by atoms with Gasteiger partial charge in [-0.3, -0.25) is 4.79 Å². The Morgan fingerprint density at radius 3 is 2.32 bits per heavy atom. The summed E-state index contributed by atoms with van der Waals surface area (Å²) in [5.74, 6) is -0.783. The van der Waals surface area contributed by atoms with E-state index in [0.29, 0.717) is 16.7 Å².